The van der Waals surface area contributed by atoms with E-state index in [-0.39, 0.29) is 12.0 Å². The van der Waals surface area contributed by atoms with E-state index in [4.69, 9.17) is 4.74 Å². The number of tetrazole rings is 1. The molecule has 28 heavy (non-hydrogen) atoms. The normalized spacial score (nSPS) is 16.2. The van der Waals surface area contributed by atoms with E-state index in [0.717, 1.165) is 47.0 Å². The van der Waals surface area contributed by atoms with E-state index in [1.54, 1.807) is 16.4 Å². The number of aromatic nitrogens is 4. The average Bonchev–Trinajstić information content (AvgIpc) is 3.42. The Morgan fingerprint density at radius 1 is 1.32 bits per heavy atom. The van der Waals surface area contributed by atoms with Crippen molar-refractivity contribution in [2.75, 3.05) is 17.7 Å². The van der Waals surface area contributed by atoms with Gasteiger partial charge in [-0.3, -0.25) is 4.79 Å². The molecule has 0 bridgehead atoms. The number of hydrogen-bond donors (Lipinski definition) is 1. The van der Waals surface area contributed by atoms with Gasteiger partial charge in [0.2, 0.25) is 0 Å². The van der Waals surface area contributed by atoms with Gasteiger partial charge < -0.3 is 10.1 Å². The maximum atomic E-state index is 13.0. The van der Waals surface area contributed by atoms with Crippen molar-refractivity contribution in [3.05, 3.63) is 59.9 Å². The summed E-state index contributed by atoms with van der Waals surface area (Å²) < 4.78 is 7.25. The zero-order valence-electron chi connectivity index (χ0n) is 15.5. The minimum atomic E-state index is -0.132. The van der Waals surface area contributed by atoms with Crippen LogP contribution in [-0.2, 0) is 4.74 Å². The Labute approximate surface area is 167 Å². The Morgan fingerprint density at radius 2 is 2.21 bits per heavy atom. The lowest BCUT2D eigenvalue weighted by Crippen LogP contribution is -2.15. The van der Waals surface area contributed by atoms with E-state index >= 15 is 0 Å². The molecule has 0 saturated carbocycles. The molecule has 4 rings (SSSR count). The Morgan fingerprint density at radius 3 is 3.00 bits per heavy atom. The standard InChI is InChI=1S/C20H21N5O2S/c1-14-8-9-15(25-13-21-23-24-25)11-18(14)22-20(26)17-6-2-3-7-19(17)28-12-16-5-4-10-27-16/h2-3,6-9,11,13,16H,4-5,10,12H2,1H3,(H,22,26). The van der Waals surface area contributed by atoms with Crippen molar-refractivity contribution in [3.63, 3.8) is 0 Å². The highest BCUT2D eigenvalue weighted by molar-refractivity contribution is 7.99. The summed E-state index contributed by atoms with van der Waals surface area (Å²) in [5.41, 5.74) is 3.15. The second-order valence-electron chi connectivity index (χ2n) is 6.65. The number of nitrogens with zero attached hydrogens (tertiary/aromatic N) is 4. The molecular formula is C20H21N5O2S. The van der Waals surface area contributed by atoms with Crippen molar-refractivity contribution in [2.24, 2.45) is 0 Å². The smallest absolute Gasteiger partial charge is 0.256 e. The third-order valence-corrected chi connectivity index (χ3v) is 5.87. The fraction of sp³-hybridized carbons (Fsp3) is 0.300. The Hall–Kier alpha value is -2.71. The van der Waals surface area contributed by atoms with Crippen LogP contribution in [0, 0.1) is 6.92 Å². The first-order chi connectivity index (χ1) is 13.7. The fourth-order valence-electron chi connectivity index (χ4n) is 3.10. The summed E-state index contributed by atoms with van der Waals surface area (Å²) in [6.45, 7) is 2.79. The Bertz CT molecular complexity index is 955. The first-order valence-corrected chi connectivity index (χ1v) is 10.2. The lowest BCUT2D eigenvalue weighted by atomic mass is 10.1. The lowest BCUT2D eigenvalue weighted by molar-refractivity contribution is 0.102. The Balaban J connectivity index is 1.51. The van der Waals surface area contributed by atoms with Crippen LogP contribution in [0.2, 0.25) is 0 Å². The topological polar surface area (TPSA) is 81.9 Å². The second-order valence-corrected chi connectivity index (χ2v) is 7.71. The maximum Gasteiger partial charge on any atom is 0.256 e. The van der Waals surface area contributed by atoms with E-state index in [9.17, 15) is 4.79 Å². The Kier molecular flexibility index (Phi) is 5.68. The second kappa shape index (κ2) is 8.53. The summed E-state index contributed by atoms with van der Waals surface area (Å²) >= 11 is 1.67. The molecule has 3 aromatic rings. The average molecular weight is 395 g/mol. The van der Waals surface area contributed by atoms with Crippen molar-refractivity contribution in [2.45, 2.75) is 30.8 Å². The van der Waals surface area contributed by atoms with Crippen LogP contribution in [-0.4, -0.2) is 44.6 Å². The number of carbonyl (C=O) groups excluding carboxylic acids is 1. The van der Waals surface area contributed by atoms with Crippen LogP contribution in [0.5, 0.6) is 0 Å². The summed E-state index contributed by atoms with van der Waals surface area (Å²) in [7, 11) is 0. The molecule has 7 nitrogen and oxygen atoms in total. The molecule has 0 radical (unpaired) electrons. The van der Waals surface area contributed by atoms with Gasteiger partial charge in [0, 0.05) is 22.9 Å². The third-order valence-electron chi connectivity index (χ3n) is 4.66. The first kappa shape index (κ1) is 18.6. The summed E-state index contributed by atoms with van der Waals surface area (Å²) in [5, 5.41) is 14.2. The molecule has 1 N–H and O–H groups in total. The van der Waals surface area contributed by atoms with Crippen molar-refractivity contribution < 1.29 is 9.53 Å². The summed E-state index contributed by atoms with van der Waals surface area (Å²) in [4.78, 5) is 13.9. The number of anilines is 1. The van der Waals surface area contributed by atoms with Crippen molar-refractivity contribution in [1.29, 1.82) is 0 Å². The summed E-state index contributed by atoms with van der Waals surface area (Å²) in [6.07, 6.45) is 4.00. The van der Waals surface area contributed by atoms with E-state index in [0.29, 0.717) is 5.56 Å². The molecule has 1 amide bonds. The van der Waals surface area contributed by atoms with Gasteiger partial charge in [0.05, 0.1) is 17.4 Å². The SMILES string of the molecule is Cc1ccc(-n2cnnn2)cc1NC(=O)c1ccccc1SCC1CCCO1. The molecule has 0 aliphatic carbocycles. The predicted octanol–water partition coefficient (Wildman–Crippen LogP) is 3.49. The van der Waals surface area contributed by atoms with Gasteiger partial charge in [-0.05, 0) is 60.0 Å². The summed E-state index contributed by atoms with van der Waals surface area (Å²) in [5.74, 6) is 0.727. The van der Waals surface area contributed by atoms with Gasteiger partial charge in [-0.15, -0.1) is 16.9 Å². The predicted molar refractivity (Wildman–Crippen MR) is 108 cm³/mol. The van der Waals surface area contributed by atoms with E-state index in [2.05, 4.69) is 20.8 Å². The molecule has 1 aliphatic heterocycles. The molecule has 1 unspecified atom stereocenters. The minimum Gasteiger partial charge on any atom is -0.377 e. The fourth-order valence-corrected chi connectivity index (χ4v) is 4.21. The van der Waals surface area contributed by atoms with Crippen molar-refractivity contribution in [3.8, 4) is 5.69 Å². The van der Waals surface area contributed by atoms with Gasteiger partial charge in [-0.2, -0.15) is 0 Å². The van der Waals surface area contributed by atoms with Crippen LogP contribution in [0.15, 0.2) is 53.7 Å². The van der Waals surface area contributed by atoms with Gasteiger partial charge in [-0.25, -0.2) is 4.68 Å². The van der Waals surface area contributed by atoms with Gasteiger partial charge in [0.25, 0.3) is 5.91 Å². The molecule has 1 saturated heterocycles. The quantitative estimate of drug-likeness (QED) is 0.644. The number of ether oxygens (including phenoxy) is 1. The zero-order chi connectivity index (χ0) is 19.3. The van der Waals surface area contributed by atoms with E-state index in [1.807, 2.05) is 49.4 Å². The number of nitrogens with one attached hydrogen (secondary N) is 1. The van der Waals surface area contributed by atoms with Gasteiger partial charge in [0.15, 0.2) is 0 Å². The molecule has 2 aromatic carbocycles. The molecule has 0 spiro atoms. The van der Waals surface area contributed by atoms with Crippen LogP contribution >= 0.6 is 11.8 Å². The van der Waals surface area contributed by atoms with Crippen LogP contribution in [0.4, 0.5) is 5.69 Å². The number of hydrogen-bond acceptors (Lipinski definition) is 6. The largest absolute Gasteiger partial charge is 0.377 e. The molecule has 1 aliphatic rings. The van der Waals surface area contributed by atoms with Crippen LogP contribution < -0.4 is 5.32 Å². The van der Waals surface area contributed by atoms with E-state index in [1.165, 1.54) is 6.33 Å². The number of amides is 1. The molecular weight excluding hydrogens is 374 g/mol. The van der Waals surface area contributed by atoms with E-state index < -0.39 is 0 Å². The van der Waals surface area contributed by atoms with Crippen LogP contribution in [0.3, 0.4) is 0 Å². The lowest BCUT2D eigenvalue weighted by Gasteiger charge is -2.14. The monoisotopic (exact) mass is 395 g/mol. The molecule has 1 atom stereocenters. The highest BCUT2D eigenvalue weighted by Gasteiger charge is 2.18. The van der Waals surface area contributed by atoms with Gasteiger partial charge >= 0.3 is 0 Å². The molecule has 8 heteroatoms. The van der Waals surface area contributed by atoms with Crippen LogP contribution in [0.1, 0.15) is 28.8 Å². The number of benzene rings is 2. The van der Waals surface area contributed by atoms with Gasteiger partial charge in [0.1, 0.15) is 6.33 Å². The first-order valence-electron chi connectivity index (χ1n) is 9.19. The molecule has 2 heterocycles. The minimum absolute atomic E-state index is 0.132. The van der Waals surface area contributed by atoms with Crippen LogP contribution in [0.25, 0.3) is 5.69 Å². The van der Waals surface area contributed by atoms with Crippen molar-refractivity contribution >= 4 is 23.4 Å². The molecule has 144 valence electrons. The highest BCUT2D eigenvalue weighted by Crippen LogP contribution is 2.28. The maximum absolute atomic E-state index is 13.0. The van der Waals surface area contributed by atoms with Crippen molar-refractivity contribution in [1.82, 2.24) is 20.2 Å². The number of carbonyl (C=O) groups is 1. The number of thioether (sulfide) groups is 1. The highest BCUT2D eigenvalue weighted by atomic mass is 32.2. The third kappa shape index (κ3) is 4.23. The zero-order valence-corrected chi connectivity index (χ0v) is 16.4. The number of rotatable bonds is 6. The van der Waals surface area contributed by atoms with Gasteiger partial charge in [-0.1, -0.05) is 18.2 Å². The molecule has 1 aromatic heterocycles. The molecule has 1 fully saturated rings. The summed E-state index contributed by atoms with van der Waals surface area (Å²) in [6, 6.07) is 13.4. The number of aryl methyl sites for hydroxylation is 1.